The molecule has 3 N–H and O–H groups in total. The lowest BCUT2D eigenvalue weighted by Crippen LogP contribution is -2.33. The predicted octanol–water partition coefficient (Wildman–Crippen LogP) is 6.70. The van der Waals surface area contributed by atoms with Gasteiger partial charge in [-0.3, -0.25) is 14.9 Å². The normalized spacial score (nSPS) is 10.5. The molecule has 2 aromatic carbocycles. The Balaban J connectivity index is 1.39. The number of thiocarbonyl (C=S) groups is 1. The minimum Gasteiger partial charge on any atom is -0.494 e. The number of amides is 2. The lowest BCUT2D eigenvalue weighted by molar-refractivity contribution is 0.0950. The Labute approximate surface area is 220 Å². The van der Waals surface area contributed by atoms with Crippen molar-refractivity contribution >= 4 is 75.1 Å². The van der Waals surface area contributed by atoms with Crippen LogP contribution in [-0.2, 0) is 0 Å². The summed E-state index contributed by atoms with van der Waals surface area (Å²) >= 11 is 18.7. The van der Waals surface area contributed by atoms with Gasteiger partial charge < -0.3 is 19.8 Å². The molecule has 0 aliphatic heterocycles. The first kappa shape index (κ1) is 24.7. The van der Waals surface area contributed by atoms with Crippen molar-refractivity contribution in [3.05, 3.63) is 86.7 Å². The summed E-state index contributed by atoms with van der Waals surface area (Å²) < 4.78 is 11.0. The van der Waals surface area contributed by atoms with Crippen LogP contribution in [0.15, 0.2) is 70.5 Å². The van der Waals surface area contributed by atoms with Crippen LogP contribution in [0.25, 0.3) is 11.3 Å². The minimum absolute atomic E-state index is 0.0508. The molecule has 7 nitrogen and oxygen atoms in total. The molecule has 0 saturated carbocycles. The number of ether oxygens (including phenoxy) is 1. The zero-order valence-electron chi connectivity index (χ0n) is 18.1. The van der Waals surface area contributed by atoms with E-state index in [9.17, 15) is 9.59 Å². The number of hydrogen-bond acceptors (Lipinski definition) is 6. The Bertz CT molecular complexity index is 1400. The summed E-state index contributed by atoms with van der Waals surface area (Å²) in [4.78, 5) is 25.5. The predicted molar refractivity (Wildman–Crippen MR) is 143 cm³/mol. The lowest BCUT2D eigenvalue weighted by atomic mass is 10.2. The first-order chi connectivity index (χ1) is 16.8. The second-order valence-electron chi connectivity index (χ2n) is 7.04. The molecule has 35 heavy (non-hydrogen) atoms. The highest BCUT2D eigenvalue weighted by Gasteiger charge is 2.16. The Morgan fingerprint density at radius 2 is 1.83 bits per heavy atom. The van der Waals surface area contributed by atoms with Crippen LogP contribution in [0.5, 0.6) is 5.75 Å². The molecular weight excluding hydrogens is 529 g/mol. The number of halogens is 2. The molecule has 0 saturated heterocycles. The van der Waals surface area contributed by atoms with Crippen LogP contribution >= 0.6 is 46.8 Å². The number of benzene rings is 2. The largest absolute Gasteiger partial charge is 0.494 e. The molecule has 178 valence electrons. The van der Waals surface area contributed by atoms with Crippen molar-refractivity contribution in [2.75, 3.05) is 17.7 Å². The number of thiophene rings is 1. The number of nitrogens with one attached hydrogen (secondary N) is 3. The van der Waals surface area contributed by atoms with Crippen LogP contribution in [-0.4, -0.2) is 24.0 Å². The monoisotopic (exact) mass is 545 g/mol. The maximum Gasteiger partial charge on any atom is 0.293 e. The summed E-state index contributed by atoms with van der Waals surface area (Å²) in [5.41, 5.74) is 1.65. The Hall–Kier alpha value is -3.37. The number of hydrogen-bond donors (Lipinski definition) is 3. The van der Waals surface area contributed by atoms with Crippen LogP contribution in [0.3, 0.4) is 0 Å². The van der Waals surface area contributed by atoms with Gasteiger partial charge in [0.25, 0.3) is 11.8 Å². The van der Waals surface area contributed by atoms with E-state index in [1.165, 1.54) is 24.5 Å². The third-order valence-electron chi connectivity index (χ3n) is 4.71. The highest BCUT2D eigenvalue weighted by Crippen LogP contribution is 2.32. The number of carbonyl (C=O) groups is 2. The van der Waals surface area contributed by atoms with Crippen molar-refractivity contribution in [1.82, 2.24) is 5.32 Å². The Kier molecular flexibility index (Phi) is 7.72. The van der Waals surface area contributed by atoms with Crippen LogP contribution in [0, 0.1) is 0 Å². The number of anilines is 2. The van der Waals surface area contributed by atoms with Gasteiger partial charge in [-0.15, -0.1) is 11.3 Å². The molecule has 0 bridgehead atoms. The second-order valence-corrected chi connectivity index (χ2v) is 9.24. The standard InChI is InChI=1S/C24H17Cl2N3O4S2/c1-32-20-12-14(5-7-17(20)28-23(31)21-3-2-10-35-21)27-24(34)29-22(30)19-9-8-18(33-19)15-6-4-13(25)11-16(15)26/h2-12H,1H3,(H,28,31)(H2,27,29,30,34). The van der Waals surface area contributed by atoms with E-state index in [0.717, 1.165) is 0 Å². The maximum atomic E-state index is 12.6. The Morgan fingerprint density at radius 1 is 1.00 bits per heavy atom. The highest BCUT2D eigenvalue weighted by atomic mass is 35.5. The van der Waals surface area contributed by atoms with Gasteiger partial charge in [0.05, 0.1) is 22.7 Å². The minimum atomic E-state index is -0.536. The molecule has 0 fully saturated rings. The van der Waals surface area contributed by atoms with Gasteiger partial charge >= 0.3 is 0 Å². The topological polar surface area (TPSA) is 92.6 Å². The van der Waals surface area contributed by atoms with E-state index in [2.05, 4.69) is 16.0 Å². The molecule has 0 aliphatic carbocycles. The van der Waals surface area contributed by atoms with Crippen molar-refractivity contribution in [2.24, 2.45) is 0 Å². The summed E-state index contributed by atoms with van der Waals surface area (Å²) in [5, 5.41) is 11.1. The summed E-state index contributed by atoms with van der Waals surface area (Å²) in [5.74, 6) is 0.120. The van der Waals surface area contributed by atoms with Gasteiger partial charge in [0.1, 0.15) is 11.5 Å². The average Bonchev–Trinajstić information content (AvgIpc) is 3.53. The fraction of sp³-hybridized carbons (Fsp3) is 0.0417. The van der Waals surface area contributed by atoms with E-state index in [1.807, 2.05) is 5.38 Å². The van der Waals surface area contributed by atoms with E-state index in [-0.39, 0.29) is 16.8 Å². The average molecular weight is 546 g/mol. The third-order valence-corrected chi connectivity index (χ3v) is 6.33. The van der Waals surface area contributed by atoms with Gasteiger partial charge in [0.15, 0.2) is 10.9 Å². The van der Waals surface area contributed by atoms with Gasteiger partial charge in [-0.25, -0.2) is 0 Å². The maximum absolute atomic E-state index is 12.6. The lowest BCUT2D eigenvalue weighted by Gasteiger charge is -2.13. The first-order valence-electron chi connectivity index (χ1n) is 10.0. The number of carbonyl (C=O) groups excluding carboxylic acids is 2. The van der Waals surface area contributed by atoms with E-state index in [0.29, 0.717) is 43.4 Å². The summed E-state index contributed by atoms with van der Waals surface area (Å²) in [7, 11) is 1.49. The van der Waals surface area contributed by atoms with Gasteiger partial charge in [0.2, 0.25) is 0 Å². The summed E-state index contributed by atoms with van der Waals surface area (Å²) in [6.45, 7) is 0. The van der Waals surface area contributed by atoms with Crippen molar-refractivity contribution in [2.45, 2.75) is 0 Å². The van der Waals surface area contributed by atoms with Crippen molar-refractivity contribution < 1.29 is 18.7 Å². The van der Waals surface area contributed by atoms with E-state index in [4.69, 9.17) is 44.6 Å². The molecule has 0 aliphatic rings. The molecule has 2 amide bonds. The molecule has 0 unspecified atom stereocenters. The van der Waals surface area contributed by atoms with E-state index >= 15 is 0 Å². The molecule has 4 aromatic rings. The fourth-order valence-corrected chi connectivity index (χ4v) is 4.42. The van der Waals surface area contributed by atoms with Crippen molar-refractivity contribution in [3.63, 3.8) is 0 Å². The van der Waals surface area contributed by atoms with Crippen LogP contribution in [0.2, 0.25) is 10.0 Å². The highest BCUT2D eigenvalue weighted by molar-refractivity contribution is 7.80. The molecule has 0 spiro atoms. The quantitative estimate of drug-likeness (QED) is 0.233. The zero-order valence-corrected chi connectivity index (χ0v) is 21.2. The van der Waals surface area contributed by atoms with Crippen LogP contribution in [0.4, 0.5) is 11.4 Å². The molecule has 2 aromatic heterocycles. The first-order valence-corrected chi connectivity index (χ1v) is 12.1. The SMILES string of the molecule is COc1cc(NC(=S)NC(=O)c2ccc(-c3ccc(Cl)cc3Cl)o2)ccc1NC(=O)c1cccs1. The van der Waals surface area contributed by atoms with E-state index in [1.54, 1.807) is 54.6 Å². The van der Waals surface area contributed by atoms with Crippen LogP contribution in [0.1, 0.15) is 20.2 Å². The third kappa shape index (κ3) is 6.01. The van der Waals surface area contributed by atoms with E-state index < -0.39 is 5.91 Å². The van der Waals surface area contributed by atoms with Crippen molar-refractivity contribution in [1.29, 1.82) is 0 Å². The van der Waals surface area contributed by atoms with Crippen LogP contribution < -0.4 is 20.7 Å². The molecule has 4 rings (SSSR count). The van der Waals surface area contributed by atoms with Gasteiger partial charge in [-0.2, -0.15) is 0 Å². The van der Waals surface area contributed by atoms with Gasteiger partial charge in [-0.1, -0.05) is 29.3 Å². The van der Waals surface area contributed by atoms with Crippen molar-refractivity contribution in [3.8, 4) is 17.1 Å². The summed E-state index contributed by atoms with van der Waals surface area (Å²) in [6.07, 6.45) is 0. The molecule has 2 heterocycles. The molecule has 0 atom stereocenters. The molecular formula is C24H17Cl2N3O4S2. The van der Waals surface area contributed by atoms with Gasteiger partial charge in [0, 0.05) is 22.3 Å². The zero-order chi connectivity index (χ0) is 24.9. The van der Waals surface area contributed by atoms with Gasteiger partial charge in [-0.05, 0) is 66.1 Å². The molecule has 0 radical (unpaired) electrons. The summed E-state index contributed by atoms with van der Waals surface area (Å²) in [6, 6.07) is 16.7. The Morgan fingerprint density at radius 3 is 2.54 bits per heavy atom. The second kappa shape index (κ2) is 10.9. The smallest absolute Gasteiger partial charge is 0.293 e. The molecule has 11 heteroatoms. The fourth-order valence-electron chi connectivity index (χ4n) is 3.08. The number of methoxy groups -OCH3 is 1. The number of rotatable bonds is 6. The number of furan rings is 1.